The monoisotopic (exact) mass is 364 g/mol. The molecule has 0 bridgehead atoms. The second kappa shape index (κ2) is 7.23. The zero-order chi connectivity index (χ0) is 19.7. The zero-order valence-corrected chi connectivity index (χ0v) is 15.7. The standard InChI is InChI=1S/C23H24O4/c1-13-9-18(11-16-6-4-5-14(2)21(16)25)23(27)19(10-13)12-17-7-8-20(24)15(3)22(17)26/h4-10,24-27H,11-12H2,1-3H3. The average Bonchev–Trinajstić information content (AvgIpc) is 2.63. The van der Waals surface area contributed by atoms with Crippen molar-refractivity contribution in [2.24, 2.45) is 0 Å². The van der Waals surface area contributed by atoms with E-state index < -0.39 is 0 Å². The van der Waals surface area contributed by atoms with Gasteiger partial charge in [0, 0.05) is 18.4 Å². The van der Waals surface area contributed by atoms with Gasteiger partial charge in [-0.25, -0.2) is 0 Å². The Bertz CT molecular complexity index is 1010. The predicted molar refractivity (Wildman–Crippen MR) is 106 cm³/mol. The van der Waals surface area contributed by atoms with E-state index in [1.807, 2.05) is 44.2 Å². The quantitative estimate of drug-likeness (QED) is 0.545. The summed E-state index contributed by atoms with van der Waals surface area (Å²) in [5.74, 6) is 0.479. The summed E-state index contributed by atoms with van der Waals surface area (Å²) < 4.78 is 0. The van der Waals surface area contributed by atoms with Crippen molar-refractivity contribution < 1.29 is 20.4 Å². The summed E-state index contributed by atoms with van der Waals surface area (Å²) in [5.41, 5.74) is 5.01. The molecule has 0 amide bonds. The van der Waals surface area contributed by atoms with E-state index in [0.717, 1.165) is 22.3 Å². The molecule has 0 aliphatic heterocycles. The second-order valence-corrected chi connectivity index (χ2v) is 7.09. The molecule has 0 heterocycles. The highest BCUT2D eigenvalue weighted by atomic mass is 16.3. The number of aryl methyl sites for hydroxylation is 2. The highest BCUT2D eigenvalue weighted by Crippen LogP contribution is 2.35. The first-order valence-corrected chi connectivity index (χ1v) is 8.87. The van der Waals surface area contributed by atoms with Crippen LogP contribution in [-0.2, 0) is 12.8 Å². The first-order chi connectivity index (χ1) is 12.8. The number of aromatic hydroxyl groups is 4. The van der Waals surface area contributed by atoms with Crippen molar-refractivity contribution in [1.82, 2.24) is 0 Å². The minimum atomic E-state index is 0.0359. The SMILES string of the molecule is Cc1cc(Cc2cccc(C)c2O)c(O)c(Cc2ccc(O)c(C)c2O)c1. The average molecular weight is 364 g/mol. The maximum absolute atomic E-state index is 10.8. The van der Waals surface area contributed by atoms with Crippen LogP contribution in [0.25, 0.3) is 0 Å². The summed E-state index contributed by atoms with van der Waals surface area (Å²) in [4.78, 5) is 0. The van der Waals surface area contributed by atoms with Gasteiger partial charge in [0.15, 0.2) is 0 Å². The van der Waals surface area contributed by atoms with E-state index in [1.54, 1.807) is 19.1 Å². The lowest BCUT2D eigenvalue weighted by atomic mass is 9.93. The first-order valence-electron chi connectivity index (χ1n) is 8.87. The van der Waals surface area contributed by atoms with Crippen LogP contribution in [0.2, 0.25) is 0 Å². The third-order valence-electron chi connectivity index (χ3n) is 4.98. The Labute approximate surface area is 159 Å². The van der Waals surface area contributed by atoms with Gasteiger partial charge in [0.25, 0.3) is 0 Å². The Morgan fingerprint density at radius 2 is 1.22 bits per heavy atom. The van der Waals surface area contributed by atoms with Crippen molar-refractivity contribution in [2.45, 2.75) is 33.6 Å². The van der Waals surface area contributed by atoms with E-state index in [9.17, 15) is 20.4 Å². The third-order valence-corrected chi connectivity index (χ3v) is 4.98. The molecule has 0 aromatic heterocycles. The zero-order valence-electron chi connectivity index (χ0n) is 15.7. The van der Waals surface area contributed by atoms with Crippen LogP contribution in [0, 0.1) is 20.8 Å². The van der Waals surface area contributed by atoms with Crippen LogP contribution in [0.1, 0.15) is 38.9 Å². The van der Waals surface area contributed by atoms with Gasteiger partial charge in [0.2, 0.25) is 0 Å². The van der Waals surface area contributed by atoms with Crippen LogP contribution >= 0.6 is 0 Å². The molecule has 0 radical (unpaired) electrons. The Kier molecular flexibility index (Phi) is 5.00. The van der Waals surface area contributed by atoms with E-state index in [2.05, 4.69) is 0 Å². The lowest BCUT2D eigenvalue weighted by molar-refractivity contribution is 0.438. The Morgan fingerprint density at radius 3 is 1.85 bits per heavy atom. The van der Waals surface area contributed by atoms with Crippen molar-refractivity contribution in [2.75, 3.05) is 0 Å². The molecule has 27 heavy (non-hydrogen) atoms. The third kappa shape index (κ3) is 3.70. The predicted octanol–water partition coefficient (Wildman–Crippen LogP) is 4.62. The van der Waals surface area contributed by atoms with Crippen LogP contribution < -0.4 is 0 Å². The summed E-state index contributed by atoms with van der Waals surface area (Å²) in [6.07, 6.45) is 0.752. The highest BCUT2D eigenvalue weighted by molar-refractivity contribution is 5.53. The lowest BCUT2D eigenvalue weighted by Gasteiger charge is -2.15. The molecule has 3 aromatic rings. The molecule has 0 aliphatic carbocycles. The van der Waals surface area contributed by atoms with E-state index in [1.165, 1.54) is 0 Å². The maximum atomic E-state index is 10.8. The molecule has 0 atom stereocenters. The number of rotatable bonds is 4. The van der Waals surface area contributed by atoms with E-state index in [-0.39, 0.29) is 23.0 Å². The highest BCUT2D eigenvalue weighted by Gasteiger charge is 2.15. The van der Waals surface area contributed by atoms with Gasteiger partial charge in [-0.3, -0.25) is 0 Å². The van der Waals surface area contributed by atoms with Gasteiger partial charge in [0.05, 0.1) is 0 Å². The molecule has 4 nitrogen and oxygen atoms in total. The van der Waals surface area contributed by atoms with Gasteiger partial charge >= 0.3 is 0 Å². The second-order valence-electron chi connectivity index (χ2n) is 7.09. The Balaban J connectivity index is 1.99. The van der Waals surface area contributed by atoms with E-state index >= 15 is 0 Å². The van der Waals surface area contributed by atoms with Crippen molar-refractivity contribution in [3.05, 3.63) is 81.4 Å². The van der Waals surface area contributed by atoms with E-state index in [0.29, 0.717) is 29.5 Å². The fraction of sp³-hybridized carbons (Fsp3) is 0.217. The molecule has 3 rings (SSSR count). The number of para-hydroxylation sites is 1. The lowest BCUT2D eigenvalue weighted by Crippen LogP contribution is -1.98. The topological polar surface area (TPSA) is 80.9 Å². The van der Waals surface area contributed by atoms with E-state index in [4.69, 9.17) is 0 Å². The molecule has 0 saturated carbocycles. The number of hydrogen-bond acceptors (Lipinski definition) is 4. The van der Waals surface area contributed by atoms with Crippen molar-refractivity contribution in [1.29, 1.82) is 0 Å². The fourth-order valence-electron chi connectivity index (χ4n) is 3.36. The number of benzene rings is 3. The molecule has 0 unspecified atom stereocenters. The summed E-state index contributed by atoms with van der Waals surface area (Å²) in [6, 6.07) is 12.6. The number of phenols is 4. The van der Waals surface area contributed by atoms with Crippen LogP contribution in [0.15, 0.2) is 42.5 Å². The molecule has 4 heteroatoms. The number of hydrogen-bond donors (Lipinski definition) is 4. The Morgan fingerprint density at radius 1 is 0.630 bits per heavy atom. The summed E-state index contributed by atoms with van der Waals surface area (Å²) in [7, 11) is 0. The van der Waals surface area contributed by atoms with Gasteiger partial charge < -0.3 is 20.4 Å². The fourth-order valence-corrected chi connectivity index (χ4v) is 3.36. The molecular weight excluding hydrogens is 340 g/mol. The van der Waals surface area contributed by atoms with Crippen molar-refractivity contribution >= 4 is 0 Å². The smallest absolute Gasteiger partial charge is 0.125 e. The normalized spacial score (nSPS) is 10.9. The van der Waals surface area contributed by atoms with Crippen molar-refractivity contribution in [3.8, 4) is 23.0 Å². The molecule has 3 aromatic carbocycles. The molecule has 140 valence electrons. The largest absolute Gasteiger partial charge is 0.508 e. The minimum absolute atomic E-state index is 0.0359. The molecular formula is C23H24O4. The molecule has 0 fully saturated rings. The van der Waals surface area contributed by atoms with Crippen LogP contribution in [0.4, 0.5) is 0 Å². The van der Waals surface area contributed by atoms with Gasteiger partial charge in [-0.1, -0.05) is 42.0 Å². The van der Waals surface area contributed by atoms with Crippen molar-refractivity contribution in [3.63, 3.8) is 0 Å². The molecule has 0 saturated heterocycles. The summed E-state index contributed by atoms with van der Waals surface area (Å²) in [5, 5.41) is 41.1. The molecule has 0 spiro atoms. The van der Waals surface area contributed by atoms with Crippen LogP contribution in [-0.4, -0.2) is 20.4 Å². The summed E-state index contributed by atoms with van der Waals surface area (Å²) in [6.45, 7) is 5.44. The van der Waals surface area contributed by atoms with Gasteiger partial charge in [0.1, 0.15) is 23.0 Å². The van der Waals surface area contributed by atoms with Gasteiger partial charge in [-0.05, 0) is 54.7 Å². The first kappa shape index (κ1) is 18.6. The van der Waals surface area contributed by atoms with Crippen LogP contribution in [0.5, 0.6) is 23.0 Å². The minimum Gasteiger partial charge on any atom is -0.508 e. The summed E-state index contributed by atoms with van der Waals surface area (Å²) >= 11 is 0. The molecule has 0 aliphatic rings. The van der Waals surface area contributed by atoms with Gasteiger partial charge in [-0.15, -0.1) is 0 Å². The Hall–Kier alpha value is -3.14. The molecule has 4 N–H and O–H groups in total. The number of phenolic OH excluding ortho intramolecular Hbond substituents is 4. The van der Waals surface area contributed by atoms with Crippen LogP contribution in [0.3, 0.4) is 0 Å². The van der Waals surface area contributed by atoms with Gasteiger partial charge in [-0.2, -0.15) is 0 Å². The maximum Gasteiger partial charge on any atom is 0.125 e.